The van der Waals surface area contributed by atoms with Gasteiger partial charge in [0.1, 0.15) is 0 Å². The van der Waals surface area contributed by atoms with Crippen LogP contribution in [0.2, 0.25) is 0 Å². The van der Waals surface area contributed by atoms with Crippen LogP contribution in [0.1, 0.15) is 15.7 Å². The van der Waals surface area contributed by atoms with Crippen molar-refractivity contribution in [3.8, 4) is 0 Å². The van der Waals surface area contributed by atoms with Crippen LogP contribution in [0.15, 0.2) is 0 Å². The molecule has 0 unspecified atom stereocenters. The maximum Gasteiger partial charge on any atom is 1.00 e. The third-order valence-electron chi connectivity index (χ3n) is 1.88. The molecule has 7 nitrogen and oxygen atoms in total. The summed E-state index contributed by atoms with van der Waals surface area (Å²) < 4.78 is 5.06. The number of carbonyl (C=O) groups is 2. The molecule has 0 atom stereocenters. The van der Waals surface area contributed by atoms with Gasteiger partial charge in [-0.1, -0.05) is 0 Å². The molecule has 0 amide bonds. The molecule has 0 aliphatic rings. The van der Waals surface area contributed by atoms with Crippen molar-refractivity contribution in [2.45, 2.75) is 12.8 Å². The number of ether oxygens (including phenoxy) is 1. The molecule has 9 heteroatoms. The summed E-state index contributed by atoms with van der Waals surface area (Å²) >= 11 is 0. The fourth-order valence-corrected chi connectivity index (χ4v) is 1.03. The predicted octanol–water partition coefficient (Wildman–Crippen LogP) is -6.64. The number of hydrogen-bond donors (Lipinski definition) is 4. The second-order valence-electron chi connectivity index (χ2n) is 3.40. The van der Waals surface area contributed by atoms with Gasteiger partial charge in [-0.05, 0) is 0 Å². The Bertz CT molecular complexity index is 219. The summed E-state index contributed by atoms with van der Waals surface area (Å²) in [7, 11) is 0. The van der Waals surface area contributed by atoms with E-state index in [0.717, 1.165) is 6.54 Å². The van der Waals surface area contributed by atoms with E-state index in [-0.39, 0.29) is 81.4 Å². The van der Waals surface area contributed by atoms with E-state index >= 15 is 0 Å². The van der Waals surface area contributed by atoms with Gasteiger partial charge >= 0.3 is 71.1 Å². The van der Waals surface area contributed by atoms with Crippen LogP contribution >= 0.6 is 0 Å². The van der Waals surface area contributed by atoms with E-state index in [1.165, 1.54) is 0 Å². The van der Waals surface area contributed by atoms with Gasteiger partial charge in [0.2, 0.25) is 0 Å². The summed E-state index contributed by atoms with van der Waals surface area (Å²) in [6.45, 7) is 3.24. The topological polar surface area (TPSA) is 108 Å². The Hall–Kier alpha value is 0.820. The molecular formula is C10H22N2Na2O5. The van der Waals surface area contributed by atoms with Gasteiger partial charge in [0.15, 0.2) is 0 Å². The third-order valence-corrected chi connectivity index (χ3v) is 1.88. The summed E-state index contributed by atoms with van der Waals surface area (Å²) in [6, 6.07) is 0. The number of aliphatic carboxylic acids is 2. The smallest absolute Gasteiger partial charge is 1.00 e. The fourth-order valence-electron chi connectivity index (χ4n) is 1.03. The van der Waals surface area contributed by atoms with Crippen molar-refractivity contribution >= 4 is 11.9 Å². The van der Waals surface area contributed by atoms with E-state index in [9.17, 15) is 9.59 Å². The molecule has 0 aromatic rings. The molecule has 0 heterocycles. The Morgan fingerprint density at radius 2 is 1.37 bits per heavy atom. The number of hydrogen-bond acceptors (Lipinski definition) is 5. The predicted molar refractivity (Wildman–Crippen MR) is 63.3 cm³/mol. The van der Waals surface area contributed by atoms with Gasteiger partial charge in [0.05, 0.1) is 26.1 Å². The minimum Gasteiger partial charge on any atom is -1.00 e. The van der Waals surface area contributed by atoms with Crippen molar-refractivity contribution < 1.29 is 86.5 Å². The SMILES string of the molecule is O=C(O)CCNCCNCCOCCC(=O)O.[H-].[H-].[Na+].[Na+]. The Kier molecular flexibility index (Phi) is 24.6. The van der Waals surface area contributed by atoms with Gasteiger partial charge in [-0.3, -0.25) is 9.59 Å². The number of rotatable bonds is 12. The Balaban J connectivity index is -0.000000213. The van der Waals surface area contributed by atoms with Crippen LogP contribution in [0, 0.1) is 0 Å². The summed E-state index contributed by atoms with van der Waals surface area (Å²) in [4.78, 5) is 20.3. The van der Waals surface area contributed by atoms with Crippen LogP contribution < -0.4 is 69.7 Å². The summed E-state index contributed by atoms with van der Waals surface area (Å²) in [5.74, 6) is -1.67. The van der Waals surface area contributed by atoms with Crippen LogP contribution in [0.25, 0.3) is 0 Å². The molecule has 4 N–H and O–H groups in total. The van der Waals surface area contributed by atoms with E-state index in [1.807, 2.05) is 0 Å². The second-order valence-corrected chi connectivity index (χ2v) is 3.40. The fraction of sp³-hybridized carbons (Fsp3) is 0.800. The molecule has 19 heavy (non-hydrogen) atoms. The van der Waals surface area contributed by atoms with Gasteiger partial charge in [0.25, 0.3) is 0 Å². The van der Waals surface area contributed by atoms with Crippen LogP contribution in [-0.2, 0) is 14.3 Å². The van der Waals surface area contributed by atoms with Crippen molar-refractivity contribution in [2.24, 2.45) is 0 Å². The van der Waals surface area contributed by atoms with Crippen LogP contribution in [-0.4, -0.2) is 61.5 Å². The number of nitrogens with one attached hydrogen (secondary N) is 2. The van der Waals surface area contributed by atoms with Crippen molar-refractivity contribution in [3.63, 3.8) is 0 Å². The molecule has 0 radical (unpaired) electrons. The largest absolute Gasteiger partial charge is 1.00 e. The van der Waals surface area contributed by atoms with Gasteiger partial charge in [0, 0.05) is 26.2 Å². The van der Waals surface area contributed by atoms with Crippen LogP contribution in [0.5, 0.6) is 0 Å². The standard InChI is InChI=1S/C10H20N2O5.2Na.2H/c13-9(14)1-3-11-4-5-12-6-8-17-7-2-10(15)16;;;;/h11-12H,1-8H2,(H,13,14)(H,15,16);;;;/q;2*+1;2*-1. The Morgan fingerprint density at radius 3 is 1.89 bits per heavy atom. The summed E-state index contributed by atoms with van der Waals surface area (Å²) in [6.07, 6.45) is 0.148. The first-order valence-corrected chi connectivity index (χ1v) is 5.55. The number of carboxylic acid groups (broad SMARTS) is 2. The molecule has 0 spiro atoms. The average Bonchev–Trinajstić information content (AvgIpc) is 2.25. The zero-order valence-corrected chi connectivity index (χ0v) is 15.8. The monoisotopic (exact) mass is 296 g/mol. The number of carboxylic acids is 2. The molecule has 104 valence electrons. The molecule has 0 aliphatic carbocycles. The quantitative estimate of drug-likeness (QED) is 0.209. The molecule has 0 aromatic heterocycles. The summed E-state index contributed by atoms with van der Waals surface area (Å²) in [5, 5.41) is 22.7. The molecule has 0 rings (SSSR count). The van der Waals surface area contributed by atoms with Crippen LogP contribution in [0.3, 0.4) is 0 Å². The molecule has 0 fully saturated rings. The van der Waals surface area contributed by atoms with E-state index in [0.29, 0.717) is 26.2 Å². The first kappa shape index (κ1) is 24.8. The van der Waals surface area contributed by atoms with E-state index in [2.05, 4.69) is 10.6 Å². The van der Waals surface area contributed by atoms with Crippen molar-refractivity contribution in [1.29, 1.82) is 0 Å². The first-order valence-electron chi connectivity index (χ1n) is 5.55. The minimum atomic E-state index is -0.861. The zero-order chi connectivity index (χ0) is 12.9. The van der Waals surface area contributed by atoms with Gasteiger partial charge in [-0.25, -0.2) is 0 Å². The Morgan fingerprint density at radius 1 is 0.842 bits per heavy atom. The van der Waals surface area contributed by atoms with E-state index < -0.39 is 11.9 Å². The van der Waals surface area contributed by atoms with Gasteiger partial charge < -0.3 is 28.4 Å². The molecule has 0 saturated heterocycles. The third kappa shape index (κ3) is 24.2. The van der Waals surface area contributed by atoms with E-state index in [4.69, 9.17) is 14.9 Å². The molecular weight excluding hydrogens is 274 g/mol. The maximum absolute atomic E-state index is 10.2. The van der Waals surface area contributed by atoms with Gasteiger partial charge in [-0.15, -0.1) is 0 Å². The van der Waals surface area contributed by atoms with Crippen molar-refractivity contribution in [1.82, 2.24) is 10.6 Å². The van der Waals surface area contributed by atoms with E-state index in [1.54, 1.807) is 0 Å². The minimum absolute atomic E-state index is 0. The molecule has 0 aromatic carbocycles. The molecule has 0 saturated carbocycles. The van der Waals surface area contributed by atoms with Crippen LogP contribution in [0.4, 0.5) is 0 Å². The van der Waals surface area contributed by atoms with Crippen molar-refractivity contribution in [3.05, 3.63) is 0 Å². The normalized spacial score (nSPS) is 9.26. The first-order chi connectivity index (χ1) is 8.13. The second kappa shape index (κ2) is 18.8. The average molecular weight is 296 g/mol. The zero-order valence-electron chi connectivity index (χ0n) is 13.8. The van der Waals surface area contributed by atoms with Gasteiger partial charge in [-0.2, -0.15) is 0 Å². The maximum atomic E-state index is 10.2. The molecule has 0 aliphatic heterocycles. The summed E-state index contributed by atoms with van der Waals surface area (Å²) in [5.41, 5.74) is 0. The molecule has 0 bridgehead atoms. The Labute approximate surface area is 160 Å². The van der Waals surface area contributed by atoms with Crippen molar-refractivity contribution in [2.75, 3.05) is 39.4 Å².